The minimum atomic E-state index is -0.283. The third-order valence-electron chi connectivity index (χ3n) is 6.27. The standard InChI is InChI=1S/C27H27FN4O/c1-30-14-16-31(17-15-30)25-11-9-23(10-12-25)29-24-8-4-21-5-13-27(33)32(26(21)18-24)19-20-2-6-22(28)7-3-20/h2-13,18,29H,14-17,19H2,1H3. The van der Waals surface area contributed by atoms with Gasteiger partial charge in [-0.1, -0.05) is 18.2 Å². The van der Waals surface area contributed by atoms with Crippen molar-refractivity contribution >= 4 is 28.0 Å². The first-order valence-corrected chi connectivity index (χ1v) is 11.2. The van der Waals surface area contributed by atoms with E-state index in [4.69, 9.17) is 0 Å². The number of halogens is 1. The zero-order valence-electron chi connectivity index (χ0n) is 18.7. The number of pyridine rings is 1. The van der Waals surface area contributed by atoms with E-state index < -0.39 is 0 Å². The van der Waals surface area contributed by atoms with Gasteiger partial charge in [0.25, 0.3) is 5.56 Å². The fourth-order valence-electron chi connectivity index (χ4n) is 4.29. The molecule has 1 fully saturated rings. The lowest BCUT2D eigenvalue weighted by Crippen LogP contribution is -2.44. The highest BCUT2D eigenvalue weighted by Gasteiger charge is 2.14. The molecule has 1 aromatic heterocycles. The average molecular weight is 443 g/mol. The molecule has 1 saturated heterocycles. The highest BCUT2D eigenvalue weighted by Crippen LogP contribution is 2.25. The van der Waals surface area contributed by atoms with Gasteiger partial charge in [-0.3, -0.25) is 4.79 Å². The van der Waals surface area contributed by atoms with Crippen LogP contribution in [0.4, 0.5) is 21.5 Å². The second kappa shape index (κ2) is 9.08. The van der Waals surface area contributed by atoms with Crippen molar-refractivity contribution in [1.29, 1.82) is 0 Å². The van der Waals surface area contributed by atoms with E-state index in [1.54, 1.807) is 22.8 Å². The zero-order chi connectivity index (χ0) is 22.8. The molecule has 5 nitrogen and oxygen atoms in total. The van der Waals surface area contributed by atoms with E-state index >= 15 is 0 Å². The molecule has 0 bridgehead atoms. The Morgan fingerprint density at radius 3 is 2.21 bits per heavy atom. The molecule has 0 saturated carbocycles. The van der Waals surface area contributed by atoms with Crippen LogP contribution in [0.2, 0.25) is 0 Å². The largest absolute Gasteiger partial charge is 0.369 e. The fraction of sp³-hybridized carbons (Fsp3) is 0.222. The molecule has 0 aliphatic carbocycles. The summed E-state index contributed by atoms with van der Waals surface area (Å²) in [6.45, 7) is 4.63. The van der Waals surface area contributed by atoms with Crippen molar-refractivity contribution < 1.29 is 4.39 Å². The average Bonchev–Trinajstić information content (AvgIpc) is 2.83. The van der Waals surface area contributed by atoms with Gasteiger partial charge in [0, 0.05) is 49.3 Å². The van der Waals surface area contributed by atoms with E-state index in [9.17, 15) is 9.18 Å². The lowest BCUT2D eigenvalue weighted by molar-refractivity contribution is 0.313. The number of aromatic nitrogens is 1. The van der Waals surface area contributed by atoms with Crippen LogP contribution >= 0.6 is 0 Å². The van der Waals surface area contributed by atoms with Gasteiger partial charge in [-0.15, -0.1) is 0 Å². The summed E-state index contributed by atoms with van der Waals surface area (Å²) < 4.78 is 15.0. The summed E-state index contributed by atoms with van der Waals surface area (Å²) in [4.78, 5) is 17.4. The van der Waals surface area contributed by atoms with Gasteiger partial charge in [-0.25, -0.2) is 4.39 Å². The first kappa shape index (κ1) is 21.2. The first-order valence-electron chi connectivity index (χ1n) is 11.2. The van der Waals surface area contributed by atoms with Gasteiger partial charge in [0.15, 0.2) is 0 Å². The van der Waals surface area contributed by atoms with Crippen molar-refractivity contribution in [2.24, 2.45) is 0 Å². The van der Waals surface area contributed by atoms with Crippen molar-refractivity contribution in [2.75, 3.05) is 43.4 Å². The Labute approximate surface area is 192 Å². The van der Waals surface area contributed by atoms with Crippen LogP contribution < -0.4 is 15.8 Å². The number of nitrogens with zero attached hydrogens (tertiary/aromatic N) is 3. The maximum Gasteiger partial charge on any atom is 0.251 e. The van der Waals surface area contributed by atoms with E-state index in [-0.39, 0.29) is 11.4 Å². The van der Waals surface area contributed by atoms with Crippen molar-refractivity contribution in [3.05, 3.63) is 101 Å². The summed E-state index contributed by atoms with van der Waals surface area (Å²) in [6.07, 6.45) is 0. The number of piperazine rings is 1. The Balaban J connectivity index is 1.38. The summed E-state index contributed by atoms with van der Waals surface area (Å²) in [7, 11) is 2.16. The number of nitrogens with one attached hydrogen (secondary N) is 1. The second-order valence-electron chi connectivity index (χ2n) is 8.62. The molecule has 0 radical (unpaired) electrons. The SMILES string of the molecule is CN1CCN(c2ccc(Nc3ccc4ccc(=O)n(Cc5ccc(F)cc5)c4c3)cc2)CC1. The second-order valence-corrected chi connectivity index (χ2v) is 8.62. The van der Waals surface area contributed by atoms with Crippen LogP contribution in [0.25, 0.3) is 10.9 Å². The Morgan fingerprint density at radius 2 is 1.48 bits per heavy atom. The Hall–Kier alpha value is -3.64. The predicted octanol–water partition coefficient (Wildman–Crippen LogP) is 4.68. The first-order chi connectivity index (χ1) is 16.0. The molecule has 1 N–H and O–H groups in total. The van der Waals surface area contributed by atoms with E-state index in [0.29, 0.717) is 6.54 Å². The number of hydrogen-bond acceptors (Lipinski definition) is 4. The van der Waals surface area contributed by atoms with Crippen molar-refractivity contribution in [2.45, 2.75) is 6.54 Å². The fourth-order valence-corrected chi connectivity index (χ4v) is 4.29. The van der Waals surface area contributed by atoms with Gasteiger partial charge in [-0.2, -0.15) is 0 Å². The number of likely N-dealkylation sites (N-methyl/N-ethyl adjacent to an activating group) is 1. The normalized spacial score (nSPS) is 14.5. The quantitative estimate of drug-likeness (QED) is 0.487. The van der Waals surface area contributed by atoms with Gasteiger partial charge in [-0.05, 0) is 72.6 Å². The number of fused-ring (bicyclic) bond motifs is 1. The third kappa shape index (κ3) is 4.76. The Bertz CT molecular complexity index is 1310. The summed E-state index contributed by atoms with van der Waals surface area (Å²) >= 11 is 0. The summed E-state index contributed by atoms with van der Waals surface area (Å²) in [6, 6.07) is 24.2. The zero-order valence-corrected chi connectivity index (χ0v) is 18.7. The van der Waals surface area contributed by atoms with Crippen LogP contribution in [0.5, 0.6) is 0 Å². The monoisotopic (exact) mass is 442 g/mol. The van der Waals surface area contributed by atoms with Crippen LogP contribution in [0.3, 0.4) is 0 Å². The van der Waals surface area contributed by atoms with Crippen LogP contribution in [0.1, 0.15) is 5.56 Å². The Morgan fingerprint density at radius 1 is 0.818 bits per heavy atom. The molecular weight excluding hydrogens is 415 g/mol. The molecule has 6 heteroatoms. The highest BCUT2D eigenvalue weighted by molar-refractivity contribution is 5.83. The highest BCUT2D eigenvalue weighted by atomic mass is 19.1. The molecule has 33 heavy (non-hydrogen) atoms. The van der Waals surface area contributed by atoms with Gasteiger partial charge in [0.1, 0.15) is 5.82 Å². The molecule has 4 aromatic rings. The summed E-state index contributed by atoms with van der Waals surface area (Å²) in [5.74, 6) is -0.283. The number of anilines is 3. The van der Waals surface area contributed by atoms with Gasteiger partial charge < -0.3 is 19.7 Å². The predicted molar refractivity (Wildman–Crippen MR) is 133 cm³/mol. The van der Waals surface area contributed by atoms with Gasteiger partial charge >= 0.3 is 0 Å². The van der Waals surface area contributed by atoms with Gasteiger partial charge in [0.05, 0.1) is 12.1 Å². The van der Waals surface area contributed by atoms with Crippen LogP contribution in [0.15, 0.2) is 83.7 Å². The van der Waals surface area contributed by atoms with E-state index in [1.165, 1.54) is 17.8 Å². The van der Waals surface area contributed by atoms with Gasteiger partial charge in [0.2, 0.25) is 0 Å². The molecule has 168 valence electrons. The number of hydrogen-bond donors (Lipinski definition) is 1. The number of benzene rings is 3. The molecule has 1 aliphatic rings. The number of rotatable bonds is 5. The maximum atomic E-state index is 13.3. The molecular formula is C27H27FN4O. The van der Waals surface area contributed by atoms with Crippen LogP contribution in [-0.2, 0) is 6.54 Å². The lowest BCUT2D eigenvalue weighted by Gasteiger charge is -2.34. The molecule has 1 aliphatic heterocycles. The molecule has 0 atom stereocenters. The van der Waals surface area contributed by atoms with Crippen molar-refractivity contribution in [3.8, 4) is 0 Å². The summed E-state index contributed by atoms with van der Waals surface area (Å²) in [5.41, 5.74) is 4.78. The molecule has 5 rings (SSSR count). The Kier molecular flexibility index (Phi) is 5.84. The topological polar surface area (TPSA) is 40.5 Å². The van der Waals surface area contributed by atoms with E-state index in [1.807, 2.05) is 24.3 Å². The molecule has 2 heterocycles. The molecule has 0 amide bonds. The minimum Gasteiger partial charge on any atom is -0.369 e. The van der Waals surface area contributed by atoms with E-state index in [2.05, 4.69) is 46.4 Å². The lowest BCUT2D eigenvalue weighted by atomic mass is 10.1. The maximum absolute atomic E-state index is 13.3. The minimum absolute atomic E-state index is 0.0829. The van der Waals surface area contributed by atoms with Crippen molar-refractivity contribution in [1.82, 2.24) is 9.47 Å². The van der Waals surface area contributed by atoms with Crippen molar-refractivity contribution in [3.63, 3.8) is 0 Å². The van der Waals surface area contributed by atoms with E-state index in [0.717, 1.165) is 54.0 Å². The van der Waals surface area contributed by atoms with Crippen LogP contribution in [-0.4, -0.2) is 42.7 Å². The van der Waals surface area contributed by atoms with Crippen LogP contribution in [0, 0.1) is 5.82 Å². The third-order valence-corrected chi connectivity index (χ3v) is 6.27. The molecule has 3 aromatic carbocycles. The smallest absolute Gasteiger partial charge is 0.251 e. The summed E-state index contributed by atoms with van der Waals surface area (Å²) in [5, 5.41) is 4.44. The molecule has 0 unspecified atom stereocenters. The molecule has 0 spiro atoms.